The number of hydrogen-bond donors (Lipinski definition) is 0. The van der Waals surface area contributed by atoms with E-state index < -0.39 is 27.6 Å². The number of nitrogens with zero attached hydrogens (tertiary/aromatic N) is 4. The number of imide groups is 1. The topological polar surface area (TPSA) is 120 Å². The number of carbonyl (C=O) groups excluding carboxylic acids is 2. The minimum absolute atomic E-state index is 0.0827. The van der Waals surface area contributed by atoms with Crippen molar-refractivity contribution >= 4 is 38.7 Å². The highest BCUT2D eigenvalue weighted by atomic mass is 32.2. The van der Waals surface area contributed by atoms with Crippen molar-refractivity contribution in [3.63, 3.8) is 0 Å². The Balaban J connectivity index is 1.21. The maximum absolute atomic E-state index is 13.8. The van der Waals surface area contributed by atoms with Crippen LogP contribution in [0.4, 0.5) is 18.9 Å². The number of rotatable bonds is 7. The third kappa shape index (κ3) is 6.01. The van der Waals surface area contributed by atoms with E-state index >= 15 is 0 Å². The van der Waals surface area contributed by atoms with E-state index in [0.29, 0.717) is 55.6 Å². The van der Waals surface area contributed by atoms with Crippen LogP contribution < -0.4 is 15.3 Å². The van der Waals surface area contributed by atoms with Crippen LogP contribution >= 0.6 is 0 Å². The molecule has 0 radical (unpaired) electrons. The maximum atomic E-state index is 13.8. The zero-order valence-electron chi connectivity index (χ0n) is 26.0. The lowest BCUT2D eigenvalue weighted by molar-refractivity contribution is -0.151. The van der Waals surface area contributed by atoms with Crippen LogP contribution in [0.1, 0.15) is 56.6 Å². The molecule has 1 unspecified atom stereocenters. The van der Waals surface area contributed by atoms with Gasteiger partial charge in [-0.3, -0.25) is 23.6 Å². The largest absolute Gasteiger partial charge is 0.534 e. The number of ether oxygens (including phenoxy) is 1. The molecule has 2 saturated heterocycles. The van der Waals surface area contributed by atoms with E-state index in [9.17, 15) is 36.0 Å². The van der Waals surface area contributed by atoms with Crippen molar-refractivity contribution in [2.45, 2.75) is 63.0 Å². The molecule has 11 nitrogen and oxygen atoms in total. The van der Waals surface area contributed by atoms with Crippen molar-refractivity contribution in [2.24, 2.45) is 12.5 Å². The summed E-state index contributed by atoms with van der Waals surface area (Å²) in [7, 11) is -2.48. The number of anilines is 1. The summed E-state index contributed by atoms with van der Waals surface area (Å²) < 4.78 is 73.7. The molecular weight excluding hydrogens is 641 g/mol. The van der Waals surface area contributed by atoms with Crippen LogP contribution in [0.2, 0.25) is 0 Å². The molecule has 3 aliphatic rings. The second-order valence-corrected chi connectivity index (χ2v) is 14.0. The summed E-state index contributed by atoms with van der Waals surface area (Å²) in [5, 5.41) is 0. The number of likely N-dealkylation sites (tertiary alicyclic amines) is 1. The van der Waals surface area contributed by atoms with Gasteiger partial charge in [0.1, 0.15) is 17.6 Å². The fourth-order valence-electron chi connectivity index (χ4n) is 6.98. The van der Waals surface area contributed by atoms with E-state index in [2.05, 4.69) is 9.08 Å². The molecule has 0 saturated carbocycles. The molecule has 47 heavy (non-hydrogen) atoms. The predicted molar refractivity (Wildman–Crippen MR) is 166 cm³/mol. The number of imidazole rings is 1. The summed E-state index contributed by atoms with van der Waals surface area (Å²) in [6, 6.07) is 11.8. The van der Waals surface area contributed by atoms with E-state index in [1.807, 2.05) is 12.1 Å². The quantitative estimate of drug-likeness (QED) is 0.200. The molecule has 1 aliphatic carbocycles. The number of alkyl halides is 3. The normalized spacial score (nSPS) is 20.5. The molecule has 2 aliphatic heterocycles. The third-order valence-corrected chi connectivity index (χ3v) is 10.7. The Morgan fingerprint density at radius 1 is 0.979 bits per heavy atom. The van der Waals surface area contributed by atoms with Crippen LogP contribution in [-0.2, 0) is 37.5 Å². The van der Waals surface area contributed by atoms with E-state index in [1.165, 1.54) is 20.1 Å². The monoisotopic (exact) mass is 676 g/mol. The smallest absolute Gasteiger partial charge is 0.497 e. The molecule has 3 aromatic rings. The minimum Gasteiger partial charge on any atom is -0.497 e. The zero-order chi connectivity index (χ0) is 33.7. The zero-order valence-corrected chi connectivity index (χ0v) is 26.8. The fourth-order valence-corrected chi connectivity index (χ4v) is 7.51. The number of allylic oxidation sites excluding steroid dienone is 2. The number of benzene rings is 2. The van der Waals surface area contributed by atoms with Crippen LogP contribution in [0, 0.1) is 5.41 Å². The molecule has 1 spiro atoms. The summed E-state index contributed by atoms with van der Waals surface area (Å²) >= 11 is 0. The van der Waals surface area contributed by atoms with Gasteiger partial charge in [-0.2, -0.15) is 21.6 Å². The molecule has 2 aromatic carbocycles. The molecule has 2 fully saturated rings. The molecule has 252 valence electrons. The Labute approximate surface area is 269 Å². The molecule has 6 rings (SSSR count). The van der Waals surface area contributed by atoms with Crippen LogP contribution in [0.3, 0.4) is 0 Å². The van der Waals surface area contributed by atoms with Gasteiger partial charge in [-0.05, 0) is 73.4 Å². The highest BCUT2D eigenvalue weighted by molar-refractivity contribution is 7.87. The number of aryl methyl sites for hydroxylation is 1. The Morgan fingerprint density at radius 2 is 1.68 bits per heavy atom. The lowest BCUT2D eigenvalue weighted by Crippen LogP contribution is -2.47. The van der Waals surface area contributed by atoms with Gasteiger partial charge >= 0.3 is 21.3 Å². The van der Waals surface area contributed by atoms with Gasteiger partial charge in [0.15, 0.2) is 0 Å². The lowest BCUT2D eigenvalue weighted by atomic mass is 9.70. The average molecular weight is 677 g/mol. The minimum atomic E-state index is -5.70. The van der Waals surface area contributed by atoms with Crippen LogP contribution in [0.5, 0.6) is 5.75 Å². The van der Waals surface area contributed by atoms with Crippen molar-refractivity contribution in [3.05, 3.63) is 70.3 Å². The van der Waals surface area contributed by atoms with Crippen molar-refractivity contribution in [1.29, 1.82) is 0 Å². The van der Waals surface area contributed by atoms with Gasteiger partial charge in [0.25, 0.3) is 5.91 Å². The first-order valence-electron chi connectivity index (χ1n) is 15.4. The average Bonchev–Trinajstić information content (AvgIpc) is 3.30. The van der Waals surface area contributed by atoms with Crippen LogP contribution in [-0.4, -0.2) is 60.0 Å². The fraction of sp³-hybridized carbons (Fsp3) is 0.469. The third-order valence-electron chi connectivity index (χ3n) is 9.71. The SMILES string of the molecule is COc1ccc(CN2C(=O)CCC(n3c(=O)n(C)c4c(N5CCC6(CC=C(OS(=O)(=O)C(F)(F)F)CC6)CC5)cccc43)C2=O)cc1. The maximum Gasteiger partial charge on any atom is 0.534 e. The summed E-state index contributed by atoms with van der Waals surface area (Å²) in [6.07, 6.45) is 4.18. The van der Waals surface area contributed by atoms with E-state index in [0.717, 1.165) is 11.3 Å². The summed E-state index contributed by atoms with van der Waals surface area (Å²) in [5.74, 6) is -0.259. The van der Waals surface area contributed by atoms with E-state index in [4.69, 9.17) is 4.74 Å². The first-order valence-corrected chi connectivity index (χ1v) is 16.8. The standard InChI is InChI=1S/C32H35F3N4O7S/c1-36-28-24(37-18-16-31(17-19-37)14-12-23(13-15-31)46-47(43,44)32(33,34)35)4-3-5-25(28)39(30(36)42)26-10-11-27(40)38(29(26)41)20-21-6-8-22(45-2)9-7-21/h3-9,12,26H,10-11,13-20H2,1-2H3. The van der Waals surface area contributed by atoms with Gasteiger partial charge in [-0.15, -0.1) is 0 Å². The number of hydrogen-bond acceptors (Lipinski definition) is 8. The van der Waals surface area contributed by atoms with Gasteiger partial charge in [0, 0.05) is 33.0 Å². The van der Waals surface area contributed by atoms with Gasteiger partial charge < -0.3 is 13.8 Å². The predicted octanol–water partition coefficient (Wildman–Crippen LogP) is 4.76. The van der Waals surface area contributed by atoms with E-state index in [1.54, 1.807) is 44.5 Å². The van der Waals surface area contributed by atoms with Gasteiger partial charge in [0.05, 0.1) is 30.4 Å². The summed E-state index contributed by atoms with van der Waals surface area (Å²) in [6.45, 7) is 1.30. The van der Waals surface area contributed by atoms with Crippen molar-refractivity contribution in [2.75, 3.05) is 25.1 Å². The number of carbonyl (C=O) groups is 2. The molecule has 3 heterocycles. The molecule has 0 N–H and O–H groups in total. The first-order chi connectivity index (χ1) is 22.2. The van der Waals surface area contributed by atoms with Crippen molar-refractivity contribution < 1.29 is 40.1 Å². The second-order valence-electron chi connectivity index (χ2n) is 12.4. The molecular formula is C32H35F3N4O7S. The molecule has 1 aromatic heterocycles. The molecule has 15 heteroatoms. The number of amides is 2. The number of aromatic nitrogens is 2. The Kier molecular flexibility index (Phi) is 8.39. The molecule has 2 amide bonds. The Morgan fingerprint density at radius 3 is 2.30 bits per heavy atom. The van der Waals surface area contributed by atoms with Crippen molar-refractivity contribution in [1.82, 2.24) is 14.0 Å². The highest BCUT2D eigenvalue weighted by Gasteiger charge is 2.49. The van der Waals surface area contributed by atoms with Gasteiger partial charge in [-0.25, -0.2) is 4.79 Å². The molecule has 1 atom stereocenters. The van der Waals surface area contributed by atoms with Crippen molar-refractivity contribution in [3.8, 4) is 5.75 Å². The van der Waals surface area contributed by atoms with Gasteiger partial charge in [-0.1, -0.05) is 18.2 Å². The number of halogens is 3. The lowest BCUT2D eigenvalue weighted by Gasteiger charge is -2.44. The number of piperidine rings is 2. The Bertz CT molecular complexity index is 1910. The highest BCUT2D eigenvalue weighted by Crippen LogP contribution is 2.46. The molecule has 0 bridgehead atoms. The first kappa shape index (κ1) is 32.7. The van der Waals surface area contributed by atoms with Gasteiger partial charge in [0.2, 0.25) is 5.91 Å². The van der Waals surface area contributed by atoms with Crippen LogP contribution in [0.15, 0.2) is 59.1 Å². The van der Waals surface area contributed by atoms with E-state index in [-0.39, 0.29) is 48.6 Å². The number of fused-ring (bicyclic) bond motifs is 1. The Hall–Kier alpha value is -4.27. The summed E-state index contributed by atoms with van der Waals surface area (Å²) in [5.41, 5.74) is -3.23. The second kappa shape index (κ2) is 12.1. The summed E-state index contributed by atoms with van der Waals surface area (Å²) in [4.78, 5) is 43.7. The number of para-hydroxylation sites is 1. The van der Waals surface area contributed by atoms with Crippen LogP contribution in [0.25, 0.3) is 11.0 Å². The number of methoxy groups -OCH3 is 1.